The fraction of sp³-hybridized carbons (Fsp3) is 0.333. The minimum Gasteiger partial charge on any atom is -0.465 e. The van der Waals surface area contributed by atoms with Crippen molar-refractivity contribution in [1.82, 2.24) is 20.0 Å². The van der Waals surface area contributed by atoms with Crippen LogP contribution < -0.4 is 0 Å². The van der Waals surface area contributed by atoms with Crippen LogP contribution in [0.5, 0.6) is 0 Å². The first kappa shape index (κ1) is 13.2. The van der Waals surface area contributed by atoms with Gasteiger partial charge in [0.15, 0.2) is 0 Å². The van der Waals surface area contributed by atoms with E-state index in [1.165, 1.54) is 11.8 Å². The highest BCUT2D eigenvalue weighted by Crippen LogP contribution is 2.20. The molecule has 0 bridgehead atoms. The molecule has 0 spiro atoms. The van der Waals surface area contributed by atoms with Crippen LogP contribution in [-0.4, -0.2) is 38.2 Å². The third kappa shape index (κ3) is 2.32. The average molecular weight is 262 g/mol. The van der Waals surface area contributed by atoms with Gasteiger partial charge in [-0.1, -0.05) is 5.21 Å². The molecule has 0 atom stereocenters. The van der Waals surface area contributed by atoms with Gasteiger partial charge in [-0.25, -0.2) is 9.48 Å². The molecule has 1 N–H and O–H groups in total. The lowest BCUT2D eigenvalue weighted by Gasteiger charge is -2.05. The first-order chi connectivity index (χ1) is 9.08. The summed E-state index contributed by atoms with van der Waals surface area (Å²) in [5, 5.41) is 17.1. The Morgan fingerprint density at radius 1 is 1.47 bits per heavy atom. The second-order valence-electron chi connectivity index (χ2n) is 3.99. The number of methoxy groups -OCH3 is 1. The van der Waals surface area contributed by atoms with Gasteiger partial charge in [0.1, 0.15) is 5.69 Å². The van der Waals surface area contributed by atoms with Crippen molar-refractivity contribution in [3.63, 3.8) is 0 Å². The quantitative estimate of drug-likeness (QED) is 0.808. The molecule has 0 aliphatic rings. The van der Waals surface area contributed by atoms with Crippen molar-refractivity contribution in [3.8, 4) is 11.4 Å². The molecule has 0 aliphatic carbocycles. The maximum atomic E-state index is 11.5. The minimum absolute atomic E-state index is 0.182. The van der Waals surface area contributed by atoms with Gasteiger partial charge >= 0.3 is 5.97 Å². The summed E-state index contributed by atoms with van der Waals surface area (Å²) in [6.45, 7) is 1.53. The summed E-state index contributed by atoms with van der Waals surface area (Å²) in [7, 11) is 3.01. The van der Waals surface area contributed by atoms with E-state index in [-0.39, 0.29) is 6.61 Å². The molecule has 0 saturated carbocycles. The molecule has 2 rings (SSSR count). The number of esters is 1. The van der Waals surface area contributed by atoms with Crippen molar-refractivity contribution in [3.05, 3.63) is 29.1 Å². The maximum absolute atomic E-state index is 11.5. The maximum Gasteiger partial charge on any atom is 0.339 e. The van der Waals surface area contributed by atoms with Gasteiger partial charge in [-0.3, -0.25) is 4.98 Å². The number of rotatable bonds is 3. The van der Waals surface area contributed by atoms with Gasteiger partial charge in [0, 0.05) is 7.05 Å². The summed E-state index contributed by atoms with van der Waals surface area (Å²) in [6, 6.07) is 3.28. The number of aliphatic hydroxyl groups excluding tert-OH is 1. The number of carbonyl (C=O) groups is 1. The zero-order valence-electron chi connectivity index (χ0n) is 10.9. The van der Waals surface area contributed by atoms with Crippen LogP contribution in [0.3, 0.4) is 0 Å². The summed E-state index contributed by atoms with van der Waals surface area (Å²) in [5.41, 5.74) is 2.57. The van der Waals surface area contributed by atoms with Crippen LogP contribution in [0, 0.1) is 6.92 Å². The topological polar surface area (TPSA) is 90.1 Å². The first-order valence-corrected chi connectivity index (χ1v) is 5.64. The Morgan fingerprint density at radius 2 is 2.21 bits per heavy atom. The number of carbonyl (C=O) groups excluding carboxylic acids is 1. The number of aliphatic hydroxyl groups is 1. The van der Waals surface area contributed by atoms with Crippen LogP contribution in [0.2, 0.25) is 0 Å². The predicted molar refractivity (Wildman–Crippen MR) is 66.2 cm³/mol. The summed E-state index contributed by atoms with van der Waals surface area (Å²) in [5.74, 6) is -0.432. The molecule has 100 valence electrons. The zero-order chi connectivity index (χ0) is 14.0. The molecular weight excluding hydrogens is 248 g/mol. The number of pyridine rings is 1. The van der Waals surface area contributed by atoms with E-state index in [4.69, 9.17) is 0 Å². The highest BCUT2D eigenvalue weighted by Gasteiger charge is 2.16. The van der Waals surface area contributed by atoms with Gasteiger partial charge in [-0.15, -0.1) is 5.10 Å². The van der Waals surface area contributed by atoms with Crippen LogP contribution in [-0.2, 0) is 18.4 Å². The predicted octanol–water partition coefficient (Wildman–Crippen LogP) is 0.464. The molecule has 0 fully saturated rings. The van der Waals surface area contributed by atoms with Gasteiger partial charge in [0.25, 0.3) is 0 Å². The van der Waals surface area contributed by atoms with Gasteiger partial charge < -0.3 is 9.84 Å². The van der Waals surface area contributed by atoms with Crippen molar-refractivity contribution in [2.45, 2.75) is 13.5 Å². The molecule has 2 aromatic rings. The van der Waals surface area contributed by atoms with Crippen molar-refractivity contribution < 1.29 is 14.6 Å². The van der Waals surface area contributed by atoms with Crippen LogP contribution in [0.4, 0.5) is 0 Å². The van der Waals surface area contributed by atoms with Gasteiger partial charge in [0.05, 0.1) is 36.4 Å². The summed E-state index contributed by atoms with van der Waals surface area (Å²) < 4.78 is 6.15. The van der Waals surface area contributed by atoms with E-state index < -0.39 is 5.97 Å². The molecule has 0 aliphatic heterocycles. The zero-order valence-corrected chi connectivity index (χ0v) is 10.9. The Morgan fingerprint density at radius 3 is 2.79 bits per heavy atom. The largest absolute Gasteiger partial charge is 0.465 e. The fourth-order valence-electron chi connectivity index (χ4n) is 1.77. The highest BCUT2D eigenvalue weighted by molar-refractivity contribution is 5.90. The number of hydrogen-bond donors (Lipinski definition) is 1. The van der Waals surface area contributed by atoms with E-state index in [9.17, 15) is 9.90 Å². The summed E-state index contributed by atoms with van der Waals surface area (Å²) in [6.07, 6.45) is 0. The summed E-state index contributed by atoms with van der Waals surface area (Å²) >= 11 is 0. The van der Waals surface area contributed by atoms with Crippen LogP contribution >= 0.6 is 0 Å². The number of nitrogens with zero attached hydrogens (tertiary/aromatic N) is 4. The third-order valence-electron chi connectivity index (χ3n) is 2.83. The van der Waals surface area contributed by atoms with E-state index in [0.717, 1.165) is 0 Å². The Hall–Kier alpha value is -2.28. The highest BCUT2D eigenvalue weighted by atomic mass is 16.5. The fourth-order valence-corrected chi connectivity index (χ4v) is 1.77. The molecule has 19 heavy (non-hydrogen) atoms. The Bertz CT molecular complexity index is 621. The Labute approximate surface area is 109 Å². The molecule has 7 nitrogen and oxygen atoms in total. The van der Waals surface area contributed by atoms with Gasteiger partial charge in [0.2, 0.25) is 0 Å². The number of aromatic nitrogens is 4. The van der Waals surface area contributed by atoms with E-state index in [0.29, 0.717) is 28.3 Å². The molecular formula is C12H14N4O3. The van der Waals surface area contributed by atoms with Gasteiger partial charge in [-0.05, 0) is 19.1 Å². The van der Waals surface area contributed by atoms with Crippen LogP contribution in [0.15, 0.2) is 12.1 Å². The molecule has 7 heteroatoms. The van der Waals surface area contributed by atoms with Crippen molar-refractivity contribution in [2.75, 3.05) is 7.11 Å². The minimum atomic E-state index is -0.432. The Kier molecular flexibility index (Phi) is 3.57. The lowest BCUT2D eigenvalue weighted by atomic mass is 10.1. The molecule has 0 unspecified atom stereocenters. The normalized spacial score (nSPS) is 10.5. The first-order valence-electron chi connectivity index (χ1n) is 5.64. The number of aryl methyl sites for hydroxylation is 2. The second kappa shape index (κ2) is 5.15. The third-order valence-corrected chi connectivity index (χ3v) is 2.83. The van der Waals surface area contributed by atoms with Crippen molar-refractivity contribution in [2.24, 2.45) is 7.05 Å². The molecule has 0 aromatic carbocycles. The van der Waals surface area contributed by atoms with E-state index >= 15 is 0 Å². The lowest BCUT2D eigenvalue weighted by molar-refractivity contribution is 0.0599. The van der Waals surface area contributed by atoms with Crippen molar-refractivity contribution >= 4 is 5.97 Å². The van der Waals surface area contributed by atoms with E-state index in [1.54, 1.807) is 26.1 Å². The molecule has 2 heterocycles. The molecule has 2 aromatic heterocycles. The smallest absolute Gasteiger partial charge is 0.339 e. The SMILES string of the molecule is COC(=O)c1ccc(-c2nnn(C)c2CO)nc1C. The van der Waals surface area contributed by atoms with E-state index in [1.807, 2.05) is 0 Å². The monoisotopic (exact) mass is 262 g/mol. The molecule has 0 saturated heterocycles. The number of ether oxygens (including phenoxy) is 1. The van der Waals surface area contributed by atoms with Crippen LogP contribution in [0.25, 0.3) is 11.4 Å². The lowest BCUT2D eigenvalue weighted by Crippen LogP contribution is -2.06. The standard InChI is InChI=1S/C12H14N4O3/c1-7-8(12(18)19-3)4-5-9(13-7)11-10(6-17)16(2)15-14-11/h4-5,17H,6H2,1-3H3. The van der Waals surface area contributed by atoms with Crippen LogP contribution in [0.1, 0.15) is 21.7 Å². The molecule has 0 amide bonds. The second-order valence-corrected chi connectivity index (χ2v) is 3.99. The Balaban J connectivity index is 2.47. The average Bonchev–Trinajstić information content (AvgIpc) is 2.78. The van der Waals surface area contributed by atoms with E-state index in [2.05, 4.69) is 20.0 Å². The summed E-state index contributed by atoms with van der Waals surface area (Å²) in [4.78, 5) is 15.8. The van der Waals surface area contributed by atoms with Crippen molar-refractivity contribution in [1.29, 1.82) is 0 Å². The molecule has 0 radical (unpaired) electrons. The van der Waals surface area contributed by atoms with Gasteiger partial charge in [-0.2, -0.15) is 0 Å². The number of hydrogen-bond acceptors (Lipinski definition) is 6.